The Morgan fingerprint density at radius 2 is 1.77 bits per heavy atom. The summed E-state index contributed by atoms with van der Waals surface area (Å²) in [5.74, 6) is -2.56. The van der Waals surface area contributed by atoms with Crippen molar-refractivity contribution in [1.29, 1.82) is 0 Å². The largest absolute Gasteiger partial charge is 0.481 e. The third kappa shape index (κ3) is 4.15. The number of carboxylic acids is 1. The monoisotopic (exact) mass is 321 g/mol. The lowest BCUT2D eigenvalue weighted by molar-refractivity contribution is -0.188. The van der Waals surface area contributed by atoms with Gasteiger partial charge in [-0.1, -0.05) is 13.8 Å². The zero-order valence-corrected chi connectivity index (χ0v) is 13.3. The fourth-order valence-corrected chi connectivity index (χ4v) is 4.02. The number of halogens is 3. The van der Waals surface area contributed by atoms with Gasteiger partial charge >= 0.3 is 12.1 Å². The minimum absolute atomic E-state index is 0.0314. The summed E-state index contributed by atoms with van der Waals surface area (Å²) in [5, 5.41) is 9.04. The quantitative estimate of drug-likeness (QED) is 0.859. The van der Waals surface area contributed by atoms with Crippen LogP contribution in [-0.2, 0) is 4.79 Å². The first-order valence-corrected chi connectivity index (χ1v) is 8.20. The van der Waals surface area contributed by atoms with Gasteiger partial charge in [-0.25, -0.2) is 0 Å². The van der Waals surface area contributed by atoms with Crippen LogP contribution in [0, 0.1) is 29.6 Å². The second-order valence-corrected chi connectivity index (χ2v) is 7.34. The van der Waals surface area contributed by atoms with Gasteiger partial charge in [0.2, 0.25) is 0 Å². The van der Waals surface area contributed by atoms with Gasteiger partial charge < -0.3 is 10.0 Å². The minimum atomic E-state index is -4.42. The molecule has 2 fully saturated rings. The predicted octanol–water partition coefficient (Wildman–Crippen LogP) is 3.64. The van der Waals surface area contributed by atoms with Crippen molar-refractivity contribution >= 4 is 5.97 Å². The van der Waals surface area contributed by atoms with Crippen molar-refractivity contribution in [3.05, 3.63) is 0 Å². The third-order valence-corrected chi connectivity index (χ3v) is 5.48. The summed E-state index contributed by atoms with van der Waals surface area (Å²) in [4.78, 5) is 12.8. The van der Waals surface area contributed by atoms with Crippen LogP contribution in [0.5, 0.6) is 0 Å². The van der Waals surface area contributed by atoms with Gasteiger partial charge in [-0.05, 0) is 43.4 Å². The highest BCUT2D eigenvalue weighted by molar-refractivity contribution is 5.71. The molecule has 6 heteroatoms. The highest BCUT2D eigenvalue weighted by atomic mass is 19.4. The van der Waals surface area contributed by atoms with E-state index in [1.807, 2.05) is 0 Å². The van der Waals surface area contributed by atoms with Crippen molar-refractivity contribution in [3.8, 4) is 0 Å². The number of hydrogen-bond donors (Lipinski definition) is 1. The zero-order valence-electron chi connectivity index (χ0n) is 13.3. The van der Waals surface area contributed by atoms with Crippen LogP contribution >= 0.6 is 0 Å². The van der Waals surface area contributed by atoms with Crippen molar-refractivity contribution in [1.82, 2.24) is 4.90 Å². The number of aliphatic carboxylic acids is 1. The van der Waals surface area contributed by atoms with Crippen molar-refractivity contribution in [2.75, 3.05) is 19.6 Å². The first kappa shape index (κ1) is 17.6. The van der Waals surface area contributed by atoms with E-state index in [1.165, 1.54) is 0 Å². The van der Waals surface area contributed by atoms with Gasteiger partial charge in [-0.15, -0.1) is 0 Å². The topological polar surface area (TPSA) is 40.5 Å². The molecule has 0 unspecified atom stereocenters. The fourth-order valence-electron chi connectivity index (χ4n) is 4.02. The van der Waals surface area contributed by atoms with Crippen LogP contribution in [0.3, 0.4) is 0 Å². The van der Waals surface area contributed by atoms with Crippen LogP contribution in [0.4, 0.5) is 13.2 Å². The smallest absolute Gasteiger partial charge is 0.393 e. The van der Waals surface area contributed by atoms with Crippen molar-refractivity contribution in [2.24, 2.45) is 29.6 Å². The summed E-state index contributed by atoms with van der Waals surface area (Å²) in [6, 6.07) is 0. The average molecular weight is 321 g/mol. The molecule has 1 aliphatic heterocycles. The van der Waals surface area contributed by atoms with E-state index in [4.69, 9.17) is 5.11 Å². The average Bonchev–Trinajstić information content (AvgIpc) is 2.83. The molecule has 22 heavy (non-hydrogen) atoms. The van der Waals surface area contributed by atoms with Crippen molar-refractivity contribution in [3.63, 3.8) is 0 Å². The molecule has 1 N–H and O–H groups in total. The van der Waals surface area contributed by atoms with Gasteiger partial charge in [0.05, 0.1) is 11.8 Å². The number of likely N-dealkylation sites (tertiary alicyclic amines) is 1. The number of nitrogens with zero attached hydrogens (tertiary/aromatic N) is 1. The molecule has 1 saturated heterocycles. The normalized spacial score (nSPS) is 34.3. The third-order valence-electron chi connectivity index (χ3n) is 5.48. The first-order valence-electron chi connectivity index (χ1n) is 8.20. The summed E-state index contributed by atoms with van der Waals surface area (Å²) in [6.45, 7) is 4.92. The molecule has 1 saturated carbocycles. The van der Waals surface area contributed by atoms with Crippen LogP contribution in [0.1, 0.15) is 39.5 Å². The van der Waals surface area contributed by atoms with Gasteiger partial charge in [0.25, 0.3) is 0 Å². The van der Waals surface area contributed by atoms with E-state index in [1.54, 1.807) is 4.90 Å². The Balaban J connectivity index is 1.88. The van der Waals surface area contributed by atoms with Gasteiger partial charge in [-0.2, -0.15) is 13.2 Å². The van der Waals surface area contributed by atoms with E-state index >= 15 is 0 Å². The molecule has 0 spiro atoms. The number of carbonyl (C=O) groups is 1. The lowest BCUT2D eigenvalue weighted by atomic mass is 9.77. The molecule has 128 valence electrons. The predicted molar refractivity (Wildman–Crippen MR) is 77.4 cm³/mol. The maximum absolute atomic E-state index is 13.0. The molecule has 0 aromatic rings. The number of rotatable bonds is 4. The highest BCUT2D eigenvalue weighted by Crippen LogP contribution is 2.39. The van der Waals surface area contributed by atoms with E-state index in [-0.39, 0.29) is 13.1 Å². The maximum atomic E-state index is 13.0. The number of alkyl halides is 3. The standard InChI is InChI=1S/C16H26F3NO2/c1-10(2)12-5-3-11(4-6-12)7-20-8-13(15(21)22)14(9-20)16(17,18)19/h10-14H,3-9H2,1-2H3,(H,21,22)/t11?,12?,13-,14-/m1/s1. The van der Waals surface area contributed by atoms with Crippen LogP contribution in [0.15, 0.2) is 0 Å². The molecule has 0 aromatic carbocycles. The lowest BCUT2D eigenvalue weighted by Gasteiger charge is -2.33. The molecule has 0 bridgehead atoms. The summed E-state index contributed by atoms with van der Waals surface area (Å²) < 4.78 is 38.9. The summed E-state index contributed by atoms with van der Waals surface area (Å²) >= 11 is 0. The van der Waals surface area contributed by atoms with E-state index in [2.05, 4.69) is 13.8 Å². The molecule has 1 aliphatic carbocycles. The Kier molecular flexibility index (Phi) is 5.41. The van der Waals surface area contributed by atoms with Crippen LogP contribution in [0.2, 0.25) is 0 Å². The molecule has 3 nitrogen and oxygen atoms in total. The van der Waals surface area contributed by atoms with Gasteiger partial charge in [0.15, 0.2) is 0 Å². The molecule has 0 amide bonds. The molecular formula is C16H26F3NO2. The maximum Gasteiger partial charge on any atom is 0.393 e. The second kappa shape index (κ2) is 6.77. The van der Waals surface area contributed by atoms with Crippen LogP contribution < -0.4 is 0 Å². The Hall–Kier alpha value is -0.780. The number of hydrogen-bond acceptors (Lipinski definition) is 2. The van der Waals surface area contributed by atoms with Crippen LogP contribution in [0.25, 0.3) is 0 Å². The lowest BCUT2D eigenvalue weighted by Crippen LogP contribution is -2.34. The highest BCUT2D eigenvalue weighted by Gasteiger charge is 2.52. The SMILES string of the molecule is CC(C)C1CCC(CN2C[C@@H](C(F)(F)F)[C@H](C(=O)O)C2)CC1. The van der Waals surface area contributed by atoms with Crippen LogP contribution in [-0.4, -0.2) is 41.8 Å². The van der Waals surface area contributed by atoms with Gasteiger partial charge in [0.1, 0.15) is 0 Å². The van der Waals surface area contributed by atoms with Gasteiger partial charge in [0, 0.05) is 19.6 Å². The Labute approximate surface area is 129 Å². The van der Waals surface area contributed by atoms with E-state index < -0.39 is 24.0 Å². The zero-order chi connectivity index (χ0) is 16.5. The first-order chi connectivity index (χ1) is 10.2. The molecule has 2 aliphatic rings. The van der Waals surface area contributed by atoms with Crippen molar-refractivity contribution < 1.29 is 23.1 Å². The number of carboxylic acid groups (broad SMARTS) is 1. The Morgan fingerprint density at radius 1 is 1.18 bits per heavy atom. The summed E-state index contributed by atoms with van der Waals surface area (Å²) in [5.41, 5.74) is 0. The molecular weight excluding hydrogens is 295 g/mol. The molecule has 2 atom stereocenters. The van der Waals surface area contributed by atoms with E-state index in [0.717, 1.165) is 31.6 Å². The van der Waals surface area contributed by atoms with Crippen molar-refractivity contribution in [2.45, 2.75) is 45.7 Å². The van der Waals surface area contributed by atoms with E-state index in [9.17, 15) is 18.0 Å². The van der Waals surface area contributed by atoms with Gasteiger partial charge in [-0.3, -0.25) is 4.79 Å². The molecule has 0 aromatic heterocycles. The second-order valence-electron chi connectivity index (χ2n) is 7.34. The Morgan fingerprint density at radius 3 is 2.18 bits per heavy atom. The molecule has 2 rings (SSSR count). The molecule has 0 radical (unpaired) electrons. The summed E-state index contributed by atoms with van der Waals surface area (Å²) in [6.07, 6.45) is -0.0445. The fraction of sp³-hybridized carbons (Fsp3) is 0.938. The van der Waals surface area contributed by atoms with E-state index in [0.29, 0.717) is 18.4 Å². The molecule has 1 heterocycles. The Bertz CT molecular complexity index is 389. The minimum Gasteiger partial charge on any atom is -0.481 e. The summed E-state index contributed by atoms with van der Waals surface area (Å²) in [7, 11) is 0.